The molecule has 0 amide bonds. The molecule has 3 aromatic heterocycles. The van der Waals surface area contributed by atoms with Crippen molar-refractivity contribution in [2.45, 2.75) is 71.6 Å². The molecule has 1 aliphatic heterocycles. The van der Waals surface area contributed by atoms with E-state index < -0.39 is 11.0 Å². The van der Waals surface area contributed by atoms with Crippen molar-refractivity contribution in [2.75, 3.05) is 11.9 Å². The molecule has 0 saturated heterocycles. The van der Waals surface area contributed by atoms with E-state index in [1.165, 1.54) is 11.1 Å². The lowest BCUT2D eigenvalue weighted by molar-refractivity contribution is 0.00776. The second-order valence-electron chi connectivity index (χ2n) is 11.1. The SMILES string of the molecule is CC(C)n1c(=O)c2cnc(Nc3ccc4c(c3)CNCC4)nc2n1-c1ccnc(C(C)(C)C(C)(C)O)c1. The van der Waals surface area contributed by atoms with Gasteiger partial charge >= 0.3 is 0 Å². The highest BCUT2D eigenvalue weighted by Crippen LogP contribution is 2.34. The molecule has 1 aliphatic rings. The molecule has 4 heterocycles. The summed E-state index contributed by atoms with van der Waals surface area (Å²) in [6.45, 7) is 13.2. The van der Waals surface area contributed by atoms with E-state index in [9.17, 15) is 9.90 Å². The number of nitrogens with one attached hydrogen (secondary N) is 2. The molecule has 0 fully saturated rings. The largest absolute Gasteiger partial charge is 0.390 e. The van der Waals surface area contributed by atoms with Crippen LogP contribution in [-0.4, -0.2) is 41.6 Å². The zero-order chi connectivity index (χ0) is 26.5. The summed E-state index contributed by atoms with van der Waals surface area (Å²) in [7, 11) is 0. The number of aromatic nitrogens is 5. The van der Waals surface area contributed by atoms with Gasteiger partial charge in [0.05, 0.1) is 17.0 Å². The Bertz CT molecular complexity index is 1530. The fourth-order valence-corrected chi connectivity index (χ4v) is 4.67. The molecule has 0 aliphatic carbocycles. The first-order valence-corrected chi connectivity index (χ1v) is 12.8. The Kier molecular flexibility index (Phi) is 6.16. The first-order chi connectivity index (χ1) is 17.5. The number of hydrogen-bond donors (Lipinski definition) is 3. The molecule has 1 aromatic carbocycles. The second-order valence-corrected chi connectivity index (χ2v) is 11.1. The predicted molar refractivity (Wildman–Crippen MR) is 146 cm³/mol. The summed E-state index contributed by atoms with van der Waals surface area (Å²) in [5.74, 6) is 0.414. The molecular formula is C28H35N7O2. The van der Waals surface area contributed by atoms with Gasteiger partial charge in [-0.05, 0) is 76.1 Å². The summed E-state index contributed by atoms with van der Waals surface area (Å²) in [4.78, 5) is 27.2. The normalized spacial score (nSPS) is 14.3. The maximum absolute atomic E-state index is 13.4. The van der Waals surface area contributed by atoms with Crippen molar-refractivity contribution < 1.29 is 5.11 Å². The number of benzene rings is 1. The number of rotatable bonds is 6. The predicted octanol–water partition coefficient (Wildman–Crippen LogP) is 4.00. The average molecular weight is 502 g/mol. The topological polar surface area (TPSA) is 110 Å². The number of hydrogen-bond acceptors (Lipinski definition) is 7. The molecule has 3 N–H and O–H groups in total. The highest BCUT2D eigenvalue weighted by atomic mass is 16.3. The average Bonchev–Trinajstić information content (AvgIpc) is 3.15. The zero-order valence-electron chi connectivity index (χ0n) is 22.3. The van der Waals surface area contributed by atoms with Gasteiger partial charge in [-0.2, -0.15) is 4.98 Å². The number of nitrogens with zero attached hydrogens (tertiary/aromatic N) is 5. The summed E-state index contributed by atoms with van der Waals surface area (Å²) in [6, 6.07) is 9.96. The Hall–Kier alpha value is -3.56. The number of anilines is 2. The van der Waals surface area contributed by atoms with E-state index in [1.807, 2.05) is 50.6 Å². The second kappa shape index (κ2) is 9.08. The minimum Gasteiger partial charge on any atom is -0.390 e. The monoisotopic (exact) mass is 501 g/mol. The Labute approximate surface area is 216 Å². The third-order valence-corrected chi connectivity index (χ3v) is 7.62. The molecule has 0 saturated carbocycles. The van der Waals surface area contributed by atoms with Crippen LogP contribution in [0, 0.1) is 0 Å². The van der Waals surface area contributed by atoms with E-state index in [0.717, 1.165) is 36.6 Å². The van der Waals surface area contributed by atoms with Gasteiger partial charge in [0.2, 0.25) is 5.95 Å². The van der Waals surface area contributed by atoms with Gasteiger partial charge in [0.1, 0.15) is 5.39 Å². The summed E-state index contributed by atoms with van der Waals surface area (Å²) in [6.07, 6.45) is 4.32. The summed E-state index contributed by atoms with van der Waals surface area (Å²) in [5, 5.41) is 18.0. The van der Waals surface area contributed by atoms with E-state index >= 15 is 0 Å². The molecule has 9 heteroatoms. The fraction of sp³-hybridized carbons (Fsp3) is 0.429. The van der Waals surface area contributed by atoms with Gasteiger partial charge in [-0.1, -0.05) is 19.9 Å². The first-order valence-electron chi connectivity index (χ1n) is 12.8. The van der Waals surface area contributed by atoms with Crippen LogP contribution < -0.4 is 16.2 Å². The van der Waals surface area contributed by atoms with Crippen LogP contribution in [0.25, 0.3) is 16.7 Å². The van der Waals surface area contributed by atoms with Crippen molar-refractivity contribution in [1.82, 2.24) is 29.6 Å². The van der Waals surface area contributed by atoms with Gasteiger partial charge in [0.25, 0.3) is 5.56 Å². The Morgan fingerprint density at radius 3 is 2.59 bits per heavy atom. The first kappa shape index (κ1) is 25.1. The minimum absolute atomic E-state index is 0.120. The fourth-order valence-electron chi connectivity index (χ4n) is 4.67. The lowest BCUT2D eigenvalue weighted by Crippen LogP contribution is -2.43. The van der Waals surface area contributed by atoms with E-state index in [1.54, 1.807) is 30.9 Å². The molecule has 0 atom stereocenters. The van der Waals surface area contributed by atoms with Crippen molar-refractivity contribution >= 4 is 22.7 Å². The van der Waals surface area contributed by atoms with E-state index in [-0.39, 0.29) is 11.6 Å². The van der Waals surface area contributed by atoms with Gasteiger partial charge in [0.15, 0.2) is 5.65 Å². The number of fused-ring (bicyclic) bond motifs is 2. The lowest BCUT2D eigenvalue weighted by atomic mass is 9.74. The molecular weight excluding hydrogens is 466 g/mol. The van der Waals surface area contributed by atoms with Crippen molar-refractivity contribution in [1.29, 1.82) is 0 Å². The third kappa shape index (κ3) is 4.42. The van der Waals surface area contributed by atoms with Crippen LogP contribution in [0.15, 0.2) is 47.5 Å². The van der Waals surface area contributed by atoms with Gasteiger partial charge in [0, 0.05) is 36.1 Å². The van der Waals surface area contributed by atoms with E-state index in [0.29, 0.717) is 17.0 Å². The highest BCUT2D eigenvalue weighted by Gasteiger charge is 2.38. The van der Waals surface area contributed by atoms with Crippen LogP contribution in [0.2, 0.25) is 0 Å². The maximum Gasteiger partial charge on any atom is 0.278 e. The quantitative estimate of drug-likeness (QED) is 0.366. The van der Waals surface area contributed by atoms with Crippen LogP contribution >= 0.6 is 0 Å². The summed E-state index contributed by atoms with van der Waals surface area (Å²) >= 11 is 0. The Morgan fingerprint density at radius 1 is 1.08 bits per heavy atom. The molecule has 4 aromatic rings. The van der Waals surface area contributed by atoms with E-state index in [4.69, 9.17) is 4.98 Å². The molecule has 5 rings (SSSR count). The van der Waals surface area contributed by atoms with Crippen molar-refractivity contribution in [3.8, 4) is 5.69 Å². The number of aliphatic hydroxyl groups is 1. The smallest absolute Gasteiger partial charge is 0.278 e. The van der Waals surface area contributed by atoms with Crippen LogP contribution in [-0.2, 0) is 18.4 Å². The summed E-state index contributed by atoms with van der Waals surface area (Å²) < 4.78 is 3.52. The maximum atomic E-state index is 13.4. The molecule has 0 spiro atoms. The molecule has 0 unspecified atom stereocenters. The highest BCUT2D eigenvalue weighted by molar-refractivity contribution is 5.77. The molecule has 9 nitrogen and oxygen atoms in total. The van der Waals surface area contributed by atoms with Crippen LogP contribution in [0.1, 0.15) is 64.4 Å². The Balaban J connectivity index is 1.63. The van der Waals surface area contributed by atoms with E-state index in [2.05, 4.69) is 32.7 Å². The van der Waals surface area contributed by atoms with Crippen LogP contribution in [0.3, 0.4) is 0 Å². The van der Waals surface area contributed by atoms with Gasteiger partial charge in [-0.3, -0.25) is 9.78 Å². The molecule has 37 heavy (non-hydrogen) atoms. The lowest BCUT2D eigenvalue weighted by Gasteiger charge is -2.36. The molecule has 0 bridgehead atoms. The zero-order valence-corrected chi connectivity index (χ0v) is 22.3. The third-order valence-electron chi connectivity index (χ3n) is 7.62. The van der Waals surface area contributed by atoms with Crippen LogP contribution in [0.4, 0.5) is 11.6 Å². The van der Waals surface area contributed by atoms with Crippen LogP contribution in [0.5, 0.6) is 0 Å². The van der Waals surface area contributed by atoms with Gasteiger partial charge in [-0.25, -0.2) is 14.3 Å². The van der Waals surface area contributed by atoms with Crippen molar-refractivity contribution in [3.63, 3.8) is 0 Å². The van der Waals surface area contributed by atoms with Gasteiger partial charge in [-0.15, -0.1) is 0 Å². The van der Waals surface area contributed by atoms with Gasteiger partial charge < -0.3 is 15.7 Å². The van der Waals surface area contributed by atoms with Crippen molar-refractivity contribution in [2.24, 2.45) is 0 Å². The van der Waals surface area contributed by atoms with Crippen molar-refractivity contribution in [3.05, 3.63) is 69.9 Å². The number of pyridine rings is 1. The Morgan fingerprint density at radius 2 is 1.86 bits per heavy atom. The standard InChI is InChI=1S/C28H35N7O2/c1-17(2)34-25(36)22-16-31-26(32-20-8-7-18-9-11-29-15-19(18)13-20)33-24(22)35(34)21-10-12-30-23(14-21)27(3,4)28(5,6)37/h7-8,10,12-14,16-17,29,37H,9,11,15H2,1-6H3,(H,31,32,33). The molecule has 194 valence electrons. The summed E-state index contributed by atoms with van der Waals surface area (Å²) in [5.41, 5.74) is 3.70. The minimum atomic E-state index is -1.00. The molecule has 0 radical (unpaired) electrons.